The average molecular weight is 272 g/mol. The Bertz CT molecular complexity index is 452. The van der Waals surface area contributed by atoms with Gasteiger partial charge in [0.15, 0.2) is 0 Å². The van der Waals surface area contributed by atoms with Crippen LogP contribution in [0.15, 0.2) is 24.3 Å². The fourth-order valence-corrected chi connectivity index (χ4v) is 3.94. The predicted octanol–water partition coefficient (Wildman–Crippen LogP) is 3.38. The fraction of sp³-hybridized carbons (Fsp3) is 0.667. The highest BCUT2D eigenvalue weighted by Gasteiger charge is 2.36. The van der Waals surface area contributed by atoms with Gasteiger partial charge in [-0.2, -0.15) is 0 Å². The first kappa shape index (κ1) is 14.1. The van der Waals surface area contributed by atoms with Gasteiger partial charge in [0.05, 0.1) is 0 Å². The van der Waals surface area contributed by atoms with E-state index in [0.717, 1.165) is 12.0 Å². The lowest BCUT2D eigenvalue weighted by Gasteiger charge is -2.38. The molecule has 0 aromatic heterocycles. The van der Waals surface area contributed by atoms with Crippen LogP contribution in [0.2, 0.25) is 0 Å². The van der Waals surface area contributed by atoms with E-state index in [9.17, 15) is 0 Å². The SMILES string of the molecule is CNC1c2ccccc2CCCC1N(C)C(C)C1CC1. The quantitative estimate of drug-likeness (QED) is 0.845. The summed E-state index contributed by atoms with van der Waals surface area (Å²) in [6.45, 7) is 2.42. The average Bonchev–Trinajstić information content (AvgIpc) is 3.31. The van der Waals surface area contributed by atoms with E-state index >= 15 is 0 Å². The normalized spacial score (nSPS) is 28.0. The van der Waals surface area contributed by atoms with Crippen LogP contribution in [-0.4, -0.2) is 31.1 Å². The summed E-state index contributed by atoms with van der Waals surface area (Å²) in [4.78, 5) is 2.65. The third kappa shape index (κ3) is 2.64. The molecule has 0 saturated heterocycles. The highest BCUT2D eigenvalue weighted by atomic mass is 15.2. The molecule has 2 aliphatic rings. The van der Waals surface area contributed by atoms with E-state index in [-0.39, 0.29) is 0 Å². The Hall–Kier alpha value is -0.860. The van der Waals surface area contributed by atoms with Crippen molar-refractivity contribution in [3.63, 3.8) is 0 Å². The van der Waals surface area contributed by atoms with Crippen molar-refractivity contribution in [1.29, 1.82) is 0 Å². The Kier molecular flexibility index (Phi) is 4.13. The van der Waals surface area contributed by atoms with E-state index in [2.05, 4.69) is 55.5 Å². The molecule has 1 saturated carbocycles. The highest BCUT2D eigenvalue weighted by molar-refractivity contribution is 5.32. The maximum absolute atomic E-state index is 3.60. The predicted molar refractivity (Wildman–Crippen MR) is 84.9 cm³/mol. The molecule has 2 aliphatic carbocycles. The Balaban J connectivity index is 1.86. The van der Waals surface area contributed by atoms with Crippen LogP contribution in [0.3, 0.4) is 0 Å². The highest BCUT2D eigenvalue weighted by Crippen LogP contribution is 2.38. The summed E-state index contributed by atoms with van der Waals surface area (Å²) in [6, 6.07) is 10.8. The van der Waals surface area contributed by atoms with Gasteiger partial charge in [-0.25, -0.2) is 0 Å². The van der Waals surface area contributed by atoms with Gasteiger partial charge in [0.2, 0.25) is 0 Å². The molecule has 1 N–H and O–H groups in total. The van der Waals surface area contributed by atoms with Crippen molar-refractivity contribution in [3.8, 4) is 0 Å². The second kappa shape index (κ2) is 5.87. The van der Waals surface area contributed by atoms with E-state index in [1.165, 1.54) is 37.7 Å². The molecule has 0 aliphatic heterocycles. The molecule has 1 aromatic carbocycles. The molecular weight excluding hydrogens is 244 g/mol. The minimum Gasteiger partial charge on any atom is -0.312 e. The lowest BCUT2D eigenvalue weighted by Crippen LogP contribution is -2.46. The van der Waals surface area contributed by atoms with Crippen LogP contribution in [-0.2, 0) is 6.42 Å². The van der Waals surface area contributed by atoms with Crippen LogP contribution < -0.4 is 5.32 Å². The molecule has 2 heteroatoms. The first-order valence-electron chi connectivity index (χ1n) is 8.19. The van der Waals surface area contributed by atoms with Crippen LogP contribution in [0.25, 0.3) is 0 Å². The van der Waals surface area contributed by atoms with E-state index in [4.69, 9.17) is 0 Å². The van der Waals surface area contributed by atoms with Gasteiger partial charge in [0, 0.05) is 18.1 Å². The van der Waals surface area contributed by atoms with Gasteiger partial charge in [-0.05, 0) is 70.2 Å². The lowest BCUT2D eigenvalue weighted by atomic mass is 9.94. The number of hydrogen-bond donors (Lipinski definition) is 1. The molecule has 0 spiro atoms. The Morgan fingerprint density at radius 2 is 1.95 bits per heavy atom. The molecule has 3 unspecified atom stereocenters. The number of nitrogens with one attached hydrogen (secondary N) is 1. The largest absolute Gasteiger partial charge is 0.312 e. The van der Waals surface area contributed by atoms with Crippen molar-refractivity contribution >= 4 is 0 Å². The van der Waals surface area contributed by atoms with Crippen molar-refractivity contribution in [1.82, 2.24) is 10.2 Å². The van der Waals surface area contributed by atoms with Gasteiger partial charge in [0.1, 0.15) is 0 Å². The molecule has 0 radical (unpaired) electrons. The Morgan fingerprint density at radius 1 is 1.20 bits per heavy atom. The molecular formula is C18H28N2. The Labute approximate surface area is 123 Å². The zero-order valence-electron chi connectivity index (χ0n) is 13.1. The van der Waals surface area contributed by atoms with Gasteiger partial charge >= 0.3 is 0 Å². The zero-order chi connectivity index (χ0) is 14.1. The van der Waals surface area contributed by atoms with E-state index in [1.54, 1.807) is 5.56 Å². The maximum atomic E-state index is 3.60. The van der Waals surface area contributed by atoms with Crippen LogP contribution in [0, 0.1) is 5.92 Å². The van der Waals surface area contributed by atoms with E-state index in [0.29, 0.717) is 12.1 Å². The summed E-state index contributed by atoms with van der Waals surface area (Å²) in [6.07, 6.45) is 6.70. The second-order valence-corrected chi connectivity index (χ2v) is 6.67. The fourth-order valence-electron chi connectivity index (χ4n) is 3.94. The molecule has 20 heavy (non-hydrogen) atoms. The minimum absolute atomic E-state index is 0.472. The summed E-state index contributed by atoms with van der Waals surface area (Å²) >= 11 is 0. The van der Waals surface area contributed by atoms with E-state index in [1.807, 2.05) is 0 Å². The van der Waals surface area contributed by atoms with Crippen molar-refractivity contribution < 1.29 is 0 Å². The lowest BCUT2D eigenvalue weighted by molar-refractivity contribution is 0.128. The third-order valence-corrected chi connectivity index (χ3v) is 5.50. The number of hydrogen-bond acceptors (Lipinski definition) is 2. The van der Waals surface area contributed by atoms with Gasteiger partial charge in [0.25, 0.3) is 0 Å². The number of likely N-dealkylation sites (N-methyl/N-ethyl adjacent to an activating group) is 2. The van der Waals surface area contributed by atoms with Gasteiger partial charge in [-0.15, -0.1) is 0 Å². The van der Waals surface area contributed by atoms with Gasteiger partial charge in [-0.3, -0.25) is 4.90 Å². The van der Waals surface area contributed by atoms with Crippen molar-refractivity contribution in [3.05, 3.63) is 35.4 Å². The van der Waals surface area contributed by atoms with Crippen LogP contribution >= 0.6 is 0 Å². The monoisotopic (exact) mass is 272 g/mol. The molecule has 110 valence electrons. The summed E-state index contributed by atoms with van der Waals surface area (Å²) in [5, 5.41) is 3.60. The smallest absolute Gasteiger partial charge is 0.0478 e. The van der Waals surface area contributed by atoms with Gasteiger partial charge < -0.3 is 5.32 Å². The molecule has 0 amide bonds. The van der Waals surface area contributed by atoms with Crippen LogP contribution in [0.1, 0.15) is 49.8 Å². The van der Waals surface area contributed by atoms with Crippen molar-refractivity contribution in [2.24, 2.45) is 5.92 Å². The summed E-state index contributed by atoms with van der Waals surface area (Å²) < 4.78 is 0. The Morgan fingerprint density at radius 3 is 2.65 bits per heavy atom. The standard InChI is InChI=1S/C18H28N2/c1-13(14-11-12-14)20(3)17-10-6-8-15-7-4-5-9-16(15)18(17)19-2/h4-5,7,9,13-14,17-19H,6,8,10-12H2,1-3H3. The topological polar surface area (TPSA) is 15.3 Å². The minimum atomic E-state index is 0.472. The number of aryl methyl sites for hydroxylation is 1. The summed E-state index contributed by atoms with van der Waals surface area (Å²) in [5.74, 6) is 0.941. The third-order valence-electron chi connectivity index (χ3n) is 5.50. The molecule has 3 rings (SSSR count). The van der Waals surface area contributed by atoms with E-state index < -0.39 is 0 Å². The molecule has 0 heterocycles. The first-order chi connectivity index (χ1) is 9.72. The molecule has 0 bridgehead atoms. The summed E-state index contributed by atoms with van der Waals surface area (Å²) in [7, 11) is 4.46. The van der Waals surface area contributed by atoms with Crippen molar-refractivity contribution in [2.45, 2.75) is 57.2 Å². The number of benzene rings is 1. The number of nitrogens with zero attached hydrogens (tertiary/aromatic N) is 1. The number of rotatable bonds is 4. The van der Waals surface area contributed by atoms with Gasteiger partial charge in [-0.1, -0.05) is 24.3 Å². The zero-order valence-corrected chi connectivity index (χ0v) is 13.1. The number of fused-ring (bicyclic) bond motifs is 1. The van der Waals surface area contributed by atoms with Crippen LogP contribution in [0.5, 0.6) is 0 Å². The van der Waals surface area contributed by atoms with Crippen LogP contribution in [0.4, 0.5) is 0 Å². The maximum Gasteiger partial charge on any atom is 0.0478 e. The first-order valence-corrected chi connectivity index (χ1v) is 8.19. The van der Waals surface area contributed by atoms with Crippen molar-refractivity contribution in [2.75, 3.05) is 14.1 Å². The summed E-state index contributed by atoms with van der Waals surface area (Å²) in [5.41, 5.74) is 3.06. The molecule has 2 nitrogen and oxygen atoms in total. The molecule has 3 atom stereocenters. The molecule has 1 fully saturated rings. The second-order valence-electron chi connectivity index (χ2n) is 6.67. The molecule has 1 aromatic rings.